The molecule has 0 bridgehead atoms. The second-order valence-electron chi connectivity index (χ2n) is 4.95. The van der Waals surface area contributed by atoms with E-state index in [2.05, 4.69) is 5.32 Å². The van der Waals surface area contributed by atoms with Gasteiger partial charge < -0.3 is 15.3 Å². The molecule has 2 rings (SSSR count). The third kappa shape index (κ3) is 3.68. The van der Waals surface area contributed by atoms with Gasteiger partial charge >= 0.3 is 12.0 Å². The summed E-state index contributed by atoms with van der Waals surface area (Å²) in [6.07, 6.45) is 0.463. The fourth-order valence-corrected chi connectivity index (χ4v) is 2.32. The highest BCUT2D eigenvalue weighted by Gasteiger charge is 2.30. The molecular weight excluding hydrogens is 282 g/mol. The summed E-state index contributed by atoms with van der Waals surface area (Å²) in [6.45, 7) is 0.622. The topological polar surface area (TPSA) is 69.6 Å². The Morgan fingerprint density at radius 2 is 2.00 bits per heavy atom. The number of aliphatic carboxylic acids is 1. The molecular formula is C14H16F2N2O3. The second kappa shape index (κ2) is 6.51. The number of hydrogen-bond donors (Lipinski definition) is 2. The van der Waals surface area contributed by atoms with Crippen molar-refractivity contribution < 1.29 is 23.5 Å². The minimum Gasteiger partial charge on any atom is -0.481 e. The number of carbonyl (C=O) groups is 2. The van der Waals surface area contributed by atoms with Gasteiger partial charge in [-0.1, -0.05) is 6.07 Å². The van der Waals surface area contributed by atoms with E-state index in [1.807, 2.05) is 0 Å². The molecule has 1 unspecified atom stereocenters. The molecule has 0 saturated carbocycles. The maximum absolute atomic E-state index is 13.4. The highest BCUT2D eigenvalue weighted by atomic mass is 19.1. The molecule has 5 nitrogen and oxygen atoms in total. The van der Waals surface area contributed by atoms with Gasteiger partial charge in [-0.05, 0) is 25.0 Å². The van der Waals surface area contributed by atoms with Crippen molar-refractivity contribution in [3.05, 3.63) is 35.4 Å². The van der Waals surface area contributed by atoms with Gasteiger partial charge in [-0.25, -0.2) is 13.6 Å². The molecule has 114 valence electrons. The third-order valence-electron chi connectivity index (χ3n) is 3.54. The van der Waals surface area contributed by atoms with Crippen LogP contribution in [0.4, 0.5) is 13.6 Å². The number of nitrogens with one attached hydrogen (secondary N) is 1. The van der Waals surface area contributed by atoms with Gasteiger partial charge in [0, 0.05) is 25.2 Å². The average molecular weight is 298 g/mol. The summed E-state index contributed by atoms with van der Waals surface area (Å²) in [7, 11) is 0. The molecule has 1 aromatic carbocycles. The van der Waals surface area contributed by atoms with Crippen LogP contribution >= 0.6 is 0 Å². The molecule has 7 heteroatoms. The highest BCUT2D eigenvalue weighted by molar-refractivity contribution is 5.77. The van der Waals surface area contributed by atoms with Crippen LogP contribution in [-0.2, 0) is 11.2 Å². The summed E-state index contributed by atoms with van der Waals surface area (Å²) in [6, 6.07) is 3.20. The number of carbonyl (C=O) groups excluding carboxylic acids is 1. The Hall–Kier alpha value is -2.18. The van der Waals surface area contributed by atoms with Crippen LogP contribution in [0.15, 0.2) is 18.2 Å². The number of benzene rings is 1. The Labute approximate surface area is 120 Å². The van der Waals surface area contributed by atoms with Crippen molar-refractivity contribution in [1.82, 2.24) is 10.2 Å². The molecule has 0 aromatic heterocycles. The molecule has 0 spiro atoms. The van der Waals surface area contributed by atoms with Gasteiger partial charge in [-0.15, -0.1) is 0 Å². The first-order valence-electron chi connectivity index (χ1n) is 6.67. The molecule has 1 aromatic rings. The van der Waals surface area contributed by atoms with Crippen LogP contribution in [0.1, 0.15) is 12.0 Å². The molecule has 1 heterocycles. The lowest BCUT2D eigenvalue weighted by Gasteiger charge is -2.16. The van der Waals surface area contributed by atoms with E-state index < -0.39 is 29.6 Å². The number of hydrogen-bond acceptors (Lipinski definition) is 2. The largest absolute Gasteiger partial charge is 0.481 e. The fraction of sp³-hybridized carbons (Fsp3) is 0.429. The molecule has 2 amide bonds. The lowest BCUT2D eigenvalue weighted by molar-refractivity contribution is -0.141. The number of carboxylic acids is 1. The Bertz CT molecular complexity index is 531. The Morgan fingerprint density at radius 1 is 1.33 bits per heavy atom. The fourth-order valence-electron chi connectivity index (χ4n) is 2.32. The minimum atomic E-state index is -0.918. The van der Waals surface area contributed by atoms with E-state index in [1.165, 1.54) is 11.0 Å². The molecule has 0 radical (unpaired) electrons. The van der Waals surface area contributed by atoms with Crippen LogP contribution in [0.2, 0.25) is 0 Å². The third-order valence-corrected chi connectivity index (χ3v) is 3.54. The highest BCUT2D eigenvalue weighted by Crippen LogP contribution is 2.16. The van der Waals surface area contributed by atoms with Crippen LogP contribution in [0.3, 0.4) is 0 Å². The van der Waals surface area contributed by atoms with Crippen LogP contribution < -0.4 is 5.32 Å². The number of halogens is 2. The number of likely N-dealkylation sites (tertiary alicyclic amines) is 1. The van der Waals surface area contributed by atoms with Crippen molar-refractivity contribution in [3.8, 4) is 0 Å². The van der Waals surface area contributed by atoms with Gasteiger partial charge in [0.15, 0.2) is 0 Å². The maximum atomic E-state index is 13.4. The Kier molecular flexibility index (Phi) is 4.72. The first kappa shape index (κ1) is 15.2. The maximum Gasteiger partial charge on any atom is 0.317 e. The van der Waals surface area contributed by atoms with E-state index in [4.69, 9.17) is 5.11 Å². The van der Waals surface area contributed by atoms with Crippen molar-refractivity contribution in [1.29, 1.82) is 0 Å². The standard InChI is InChI=1S/C14H16F2N2O3/c15-11-2-1-3-12(16)10(11)4-6-17-14(21)18-7-5-9(8-18)13(19)20/h1-3,9H,4-8H2,(H,17,21)(H,19,20). The molecule has 1 saturated heterocycles. The van der Waals surface area contributed by atoms with Gasteiger partial charge in [-0.3, -0.25) is 4.79 Å². The molecule has 0 aliphatic carbocycles. The van der Waals surface area contributed by atoms with E-state index in [0.717, 1.165) is 12.1 Å². The van der Waals surface area contributed by atoms with Gasteiger partial charge in [-0.2, -0.15) is 0 Å². The zero-order chi connectivity index (χ0) is 15.4. The van der Waals surface area contributed by atoms with Crippen LogP contribution in [0.25, 0.3) is 0 Å². The predicted octanol–water partition coefficient (Wildman–Crippen LogP) is 1.62. The summed E-state index contributed by atoms with van der Waals surface area (Å²) in [4.78, 5) is 24.0. The normalized spacial score (nSPS) is 17.8. The monoisotopic (exact) mass is 298 g/mol. The summed E-state index contributed by atoms with van der Waals surface area (Å²) in [5, 5.41) is 11.4. The van der Waals surface area contributed by atoms with E-state index >= 15 is 0 Å². The van der Waals surface area contributed by atoms with Gasteiger partial charge in [0.05, 0.1) is 5.92 Å². The van der Waals surface area contributed by atoms with Crippen LogP contribution in [0.5, 0.6) is 0 Å². The minimum absolute atomic E-state index is 0.0421. The van der Waals surface area contributed by atoms with Crippen LogP contribution in [0, 0.1) is 17.6 Å². The smallest absolute Gasteiger partial charge is 0.317 e. The van der Waals surface area contributed by atoms with Crippen molar-refractivity contribution in [3.63, 3.8) is 0 Å². The van der Waals surface area contributed by atoms with E-state index in [0.29, 0.717) is 13.0 Å². The number of urea groups is 1. The van der Waals surface area contributed by atoms with Crippen molar-refractivity contribution in [2.75, 3.05) is 19.6 Å². The van der Waals surface area contributed by atoms with Gasteiger partial charge in [0.25, 0.3) is 0 Å². The summed E-state index contributed by atoms with van der Waals surface area (Å²) >= 11 is 0. The lowest BCUT2D eigenvalue weighted by Crippen LogP contribution is -2.39. The zero-order valence-electron chi connectivity index (χ0n) is 11.3. The van der Waals surface area contributed by atoms with E-state index in [1.54, 1.807) is 0 Å². The Morgan fingerprint density at radius 3 is 2.57 bits per heavy atom. The molecule has 1 aliphatic heterocycles. The summed E-state index contributed by atoms with van der Waals surface area (Å²) in [5.74, 6) is -2.74. The molecule has 21 heavy (non-hydrogen) atoms. The second-order valence-corrected chi connectivity index (χ2v) is 4.95. The first-order valence-corrected chi connectivity index (χ1v) is 6.67. The Balaban J connectivity index is 1.81. The van der Waals surface area contributed by atoms with E-state index in [9.17, 15) is 18.4 Å². The average Bonchev–Trinajstić information content (AvgIpc) is 2.92. The lowest BCUT2D eigenvalue weighted by atomic mass is 10.1. The molecule has 1 fully saturated rings. The molecule has 1 aliphatic rings. The quantitative estimate of drug-likeness (QED) is 0.887. The van der Waals surface area contributed by atoms with Crippen molar-refractivity contribution >= 4 is 12.0 Å². The van der Waals surface area contributed by atoms with Crippen molar-refractivity contribution in [2.45, 2.75) is 12.8 Å². The van der Waals surface area contributed by atoms with Crippen molar-refractivity contribution in [2.24, 2.45) is 5.92 Å². The first-order chi connectivity index (χ1) is 9.99. The summed E-state index contributed by atoms with van der Waals surface area (Å²) in [5.41, 5.74) is -0.0670. The predicted molar refractivity (Wildman–Crippen MR) is 70.8 cm³/mol. The SMILES string of the molecule is O=C(O)C1CCN(C(=O)NCCc2c(F)cccc2F)C1. The number of carboxylic acid groups (broad SMARTS) is 1. The van der Waals surface area contributed by atoms with E-state index in [-0.39, 0.29) is 25.1 Å². The summed E-state index contributed by atoms with van der Waals surface area (Å²) < 4.78 is 26.8. The van der Waals surface area contributed by atoms with Gasteiger partial charge in [0.2, 0.25) is 0 Å². The zero-order valence-corrected chi connectivity index (χ0v) is 11.3. The number of amides is 2. The number of rotatable bonds is 4. The number of nitrogens with zero attached hydrogens (tertiary/aromatic N) is 1. The van der Waals surface area contributed by atoms with Crippen LogP contribution in [-0.4, -0.2) is 41.6 Å². The van der Waals surface area contributed by atoms with Gasteiger partial charge in [0.1, 0.15) is 11.6 Å². The molecule has 2 N–H and O–H groups in total. The molecule has 1 atom stereocenters.